The van der Waals surface area contributed by atoms with Crippen molar-refractivity contribution in [3.05, 3.63) is 81.5 Å². The zero-order valence-corrected chi connectivity index (χ0v) is 18.3. The van der Waals surface area contributed by atoms with Crippen LogP contribution >= 0.6 is 23.1 Å². The molecule has 4 aromatic rings. The van der Waals surface area contributed by atoms with Crippen molar-refractivity contribution in [3.63, 3.8) is 0 Å². The Hall–Kier alpha value is -3.41. The van der Waals surface area contributed by atoms with Crippen molar-refractivity contribution in [1.82, 2.24) is 9.55 Å². The average Bonchev–Trinajstić information content (AvgIpc) is 3.25. The number of carbonyl (C=O) groups excluding carboxylic acids is 1. The van der Waals surface area contributed by atoms with Crippen LogP contribution in [0.1, 0.15) is 18.1 Å². The highest BCUT2D eigenvalue weighted by molar-refractivity contribution is 7.99. The molecular formula is C23H18N4O2S2. The van der Waals surface area contributed by atoms with Gasteiger partial charge in [0.2, 0.25) is 5.91 Å². The number of aromatic nitrogens is 2. The molecule has 1 amide bonds. The third-order valence-electron chi connectivity index (χ3n) is 4.72. The van der Waals surface area contributed by atoms with Gasteiger partial charge >= 0.3 is 0 Å². The van der Waals surface area contributed by atoms with Gasteiger partial charge in [-0.3, -0.25) is 14.2 Å². The maximum Gasteiger partial charge on any atom is 0.266 e. The van der Waals surface area contributed by atoms with E-state index in [1.807, 2.05) is 36.4 Å². The van der Waals surface area contributed by atoms with E-state index < -0.39 is 0 Å². The summed E-state index contributed by atoms with van der Waals surface area (Å²) < 4.78 is 1.55. The molecule has 0 aliphatic heterocycles. The molecule has 0 spiro atoms. The van der Waals surface area contributed by atoms with E-state index in [-0.39, 0.29) is 17.2 Å². The maximum atomic E-state index is 13.3. The van der Waals surface area contributed by atoms with Crippen LogP contribution in [0.4, 0.5) is 5.00 Å². The second kappa shape index (κ2) is 9.16. The largest absolute Gasteiger partial charge is 0.316 e. The van der Waals surface area contributed by atoms with Gasteiger partial charge in [-0.1, -0.05) is 43.0 Å². The summed E-state index contributed by atoms with van der Waals surface area (Å²) in [5.74, 6) is -0.208. The molecule has 0 atom stereocenters. The van der Waals surface area contributed by atoms with Gasteiger partial charge in [-0.05, 0) is 47.7 Å². The number of thioether (sulfide) groups is 1. The van der Waals surface area contributed by atoms with Gasteiger partial charge in [-0.25, -0.2) is 4.98 Å². The van der Waals surface area contributed by atoms with Gasteiger partial charge in [-0.15, -0.1) is 11.3 Å². The van der Waals surface area contributed by atoms with Crippen LogP contribution in [0.5, 0.6) is 0 Å². The lowest BCUT2D eigenvalue weighted by Gasteiger charge is -2.13. The average molecular weight is 447 g/mol. The number of nitrogens with zero attached hydrogens (tertiary/aromatic N) is 3. The zero-order valence-electron chi connectivity index (χ0n) is 16.7. The highest BCUT2D eigenvalue weighted by Gasteiger charge is 2.16. The number of fused-ring (bicyclic) bond motifs is 1. The number of rotatable bonds is 6. The summed E-state index contributed by atoms with van der Waals surface area (Å²) in [6.07, 6.45) is 0.903. The predicted molar refractivity (Wildman–Crippen MR) is 125 cm³/mol. The second-order valence-corrected chi connectivity index (χ2v) is 8.54. The van der Waals surface area contributed by atoms with E-state index in [2.05, 4.69) is 23.3 Å². The summed E-state index contributed by atoms with van der Waals surface area (Å²) in [5, 5.41) is 15.1. The summed E-state index contributed by atoms with van der Waals surface area (Å²) in [6, 6.07) is 18.7. The minimum atomic E-state index is -0.265. The number of anilines is 1. The summed E-state index contributed by atoms with van der Waals surface area (Å²) in [4.78, 5) is 30.4. The lowest BCUT2D eigenvalue weighted by atomic mass is 10.1. The van der Waals surface area contributed by atoms with E-state index in [0.29, 0.717) is 32.3 Å². The van der Waals surface area contributed by atoms with Crippen LogP contribution in [0, 0.1) is 11.3 Å². The molecule has 1 N–H and O–H groups in total. The molecule has 4 rings (SSSR count). The topological polar surface area (TPSA) is 87.8 Å². The van der Waals surface area contributed by atoms with Gasteiger partial charge in [0.25, 0.3) is 5.56 Å². The number of hydrogen-bond donors (Lipinski definition) is 1. The van der Waals surface area contributed by atoms with E-state index in [4.69, 9.17) is 5.26 Å². The van der Waals surface area contributed by atoms with Crippen molar-refractivity contribution in [2.75, 3.05) is 11.1 Å². The van der Waals surface area contributed by atoms with Gasteiger partial charge in [0, 0.05) is 0 Å². The molecule has 6 nitrogen and oxygen atoms in total. The number of aryl methyl sites for hydroxylation is 1. The number of carbonyl (C=O) groups is 1. The molecular weight excluding hydrogens is 428 g/mol. The summed E-state index contributed by atoms with van der Waals surface area (Å²) in [6.45, 7) is 2.07. The van der Waals surface area contributed by atoms with Crippen molar-refractivity contribution in [2.45, 2.75) is 18.5 Å². The summed E-state index contributed by atoms with van der Waals surface area (Å²) in [5.41, 5.74) is 2.71. The maximum absolute atomic E-state index is 13.3. The van der Waals surface area contributed by atoms with Gasteiger partial charge in [0.1, 0.15) is 11.1 Å². The van der Waals surface area contributed by atoms with Crippen LogP contribution in [0.15, 0.2) is 69.9 Å². The lowest BCUT2D eigenvalue weighted by molar-refractivity contribution is -0.113. The van der Waals surface area contributed by atoms with Crippen molar-refractivity contribution >= 4 is 44.9 Å². The van der Waals surface area contributed by atoms with E-state index in [0.717, 1.165) is 6.42 Å². The number of nitrogens with one attached hydrogen (secondary N) is 1. The molecule has 0 unspecified atom stereocenters. The van der Waals surface area contributed by atoms with Crippen molar-refractivity contribution < 1.29 is 4.79 Å². The molecule has 0 aliphatic rings. The Balaban J connectivity index is 1.68. The zero-order chi connectivity index (χ0) is 21.8. The number of para-hydroxylation sites is 1. The highest BCUT2D eigenvalue weighted by atomic mass is 32.2. The Morgan fingerprint density at radius 1 is 1.19 bits per heavy atom. The first-order valence-electron chi connectivity index (χ1n) is 9.62. The highest BCUT2D eigenvalue weighted by Crippen LogP contribution is 2.24. The SMILES string of the molecule is CCc1ccc(-n2c(SCC(=O)Nc3sccc3C#N)nc3ccccc3c2=O)cc1. The van der Waals surface area contributed by atoms with E-state index in [1.54, 1.807) is 28.1 Å². The van der Waals surface area contributed by atoms with Crippen molar-refractivity contribution in [2.24, 2.45) is 0 Å². The van der Waals surface area contributed by atoms with Crippen LogP contribution < -0.4 is 10.9 Å². The summed E-state index contributed by atoms with van der Waals surface area (Å²) >= 11 is 2.48. The number of amides is 1. The molecule has 2 heterocycles. The molecule has 0 saturated carbocycles. The minimum absolute atomic E-state index is 0.0561. The molecule has 2 aromatic heterocycles. The van der Waals surface area contributed by atoms with Crippen molar-refractivity contribution in [1.29, 1.82) is 5.26 Å². The standard InChI is InChI=1S/C23H18N4O2S2/c1-2-15-7-9-17(10-8-15)27-22(29)18-5-3-4-6-19(18)25-23(27)31-14-20(28)26-21-16(13-24)11-12-30-21/h3-12H,2,14H2,1H3,(H,26,28). The minimum Gasteiger partial charge on any atom is -0.316 e. The molecule has 0 saturated heterocycles. The summed E-state index contributed by atoms with van der Waals surface area (Å²) in [7, 11) is 0. The second-order valence-electron chi connectivity index (χ2n) is 6.68. The van der Waals surface area contributed by atoms with Gasteiger partial charge < -0.3 is 5.32 Å². The third kappa shape index (κ3) is 4.38. The Labute approximate surface area is 187 Å². The predicted octanol–water partition coefficient (Wildman–Crippen LogP) is 4.61. The van der Waals surface area contributed by atoms with Crippen LogP contribution in [0.2, 0.25) is 0 Å². The third-order valence-corrected chi connectivity index (χ3v) is 6.49. The van der Waals surface area contributed by atoms with Crippen LogP contribution in [0.3, 0.4) is 0 Å². The Kier molecular flexibility index (Phi) is 6.16. The number of benzene rings is 2. The first-order valence-corrected chi connectivity index (χ1v) is 11.5. The van der Waals surface area contributed by atoms with Crippen LogP contribution in [-0.2, 0) is 11.2 Å². The van der Waals surface area contributed by atoms with E-state index in [1.165, 1.54) is 28.7 Å². The monoisotopic (exact) mass is 446 g/mol. The van der Waals surface area contributed by atoms with E-state index >= 15 is 0 Å². The molecule has 0 fully saturated rings. The van der Waals surface area contributed by atoms with Gasteiger partial charge in [0.05, 0.1) is 27.9 Å². The van der Waals surface area contributed by atoms with Gasteiger partial charge in [0.15, 0.2) is 5.16 Å². The molecule has 2 aromatic carbocycles. The molecule has 0 radical (unpaired) electrons. The Morgan fingerprint density at radius 3 is 2.71 bits per heavy atom. The molecule has 0 aliphatic carbocycles. The van der Waals surface area contributed by atoms with E-state index in [9.17, 15) is 9.59 Å². The normalized spacial score (nSPS) is 10.7. The molecule has 8 heteroatoms. The first kappa shape index (κ1) is 20.8. The lowest BCUT2D eigenvalue weighted by Crippen LogP contribution is -2.23. The van der Waals surface area contributed by atoms with Gasteiger partial charge in [-0.2, -0.15) is 5.26 Å². The quantitative estimate of drug-likeness (QED) is 0.345. The smallest absolute Gasteiger partial charge is 0.266 e. The van der Waals surface area contributed by atoms with Crippen molar-refractivity contribution in [3.8, 4) is 11.8 Å². The molecule has 31 heavy (non-hydrogen) atoms. The fraction of sp³-hybridized carbons (Fsp3) is 0.130. The number of nitriles is 1. The van der Waals surface area contributed by atoms with Crippen LogP contribution in [0.25, 0.3) is 16.6 Å². The Morgan fingerprint density at radius 2 is 1.97 bits per heavy atom. The molecule has 0 bridgehead atoms. The fourth-order valence-electron chi connectivity index (χ4n) is 3.10. The molecule has 154 valence electrons. The Bertz CT molecular complexity index is 1350. The van der Waals surface area contributed by atoms with Crippen LogP contribution in [-0.4, -0.2) is 21.2 Å². The fourth-order valence-corrected chi connectivity index (χ4v) is 4.67. The number of hydrogen-bond acceptors (Lipinski definition) is 6. The number of thiophene rings is 1. The first-order chi connectivity index (χ1) is 15.1.